The van der Waals surface area contributed by atoms with Crippen LogP contribution in [0, 0.1) is 0 Å². The Morgan fingerprint density at radius 1 is 0.929 bits per heavy atom. The number of nitrogens with one attached hydrogen (secondary N) is 1. The average Bonchev–Trinajstić information content (AvgIpc) is 3.01. The summed E-state index contributed by atoms with van der Waals surface area (Å²) < 4.78 is 0. The van der Waals surface area contributed by atoms with Crippen molar-refractivity contribution in [3.63, 3.8) is 0 Å². The molecule has 2 N–H and O–H groups in total. The molecule has 6 heteroatoms. The molecule has 1 aliphatic carbocycles. The van der Waals surface area contributed by atoms with Crippen LogP contribution >= 0.6 is 0 Å². The van der Waals surface area contributed by atoms with E-state index in [4.69, 9.17) is 0 Å². The monoisotopic (exact) mass is 370 g/mol. The molecule has 2 heterocycles. The minimum Gasteiger partial charge on any atom is -0.506 e. The molecule has 0 spiro atoms. The number of aliphatic imine (C=N–C) groups is 1. The highest BCUT2D eigenvalue weighted by molar-refractivity contribution is 6.35. The van der Waals surface area contributed by atoms with E-state index in [1.54, 1.807) is 49.1 Å². The Bertz CT molecular complexity index is 1060. The van der Waals surface area contributed by atoms with E-state index in [9.17, 15) is 9.90 Å². The number of aliphatic hydroxyl groups is 1. The zero-order chi connectivity index (χ0) is 19.3. The highest BCUT2D eigenvalue weighted by Crippen LogP contribution is 2.31. The maximum Gasteiger partial charge on any atom is 0.201 e. The van der Waals surface area contributed by atoms with Gasteiger partial charge in [-0.15, -0.1) is 0 Å². The van der Waals surface area contributed by atoms with Crippen LogP contribution in [0.1, 0.15) is 27.0 Å². The van der Waals surface area contributed by atoms with E-state index in [0.29, 0.717) is 30.1 Å². The minimum absolute atomic E-state index is 0.0516. The second-order valence-corrected chi connectivity index (χ2v) is 6.34. The Hall–Kier alpha value is -3.80. The highest BCUT2D eigenvalue weighted by Gasteiger charge is 2.32. The number of aliphatic hydroxyl groups excluding tert-OH is 1. The highest BCUT2D eigenvalue weighted by atomic mass is 16.3. The molecule has 2 aromatic heterocycles. The fraction of sp³-hybridized carbons (Fsp3) is 0.0909. The van der Waals surface area contributed by atoms with E-state index >= 15 is 0 Å². The lowest BCUT2D eigenvalue weighted by Crippen LogP contribution is -2.28. The zero-order valence-corrected chi connectivity index (χ0v) is 15.0. The number of hydrogen-bond acceptors (Lipinski definition) is 5. The molecule has 0 saturated carbocycles. The smallest absolute Gasteiger partial charge is 0.201 e. The first-order valence-electron chi connectivity index (χ1n) is 8.88. The number of carbonyl (C=O) groups is 1. The van der Waals surface area contributed by atoms with Crippen molar-refractivity contribution < 1.29 is 9.90 Å². The quantitative estimate of drug-likeness (QED) is 0.531. The van der Waals surface area contributed by atoms with E-state index in [1.807, 2.05) is 24.3 Å². The second kappa shape index (κ2) is 7.84. The lowest BCUT2D eigenvalue weighted by molar-refractivity contribution is 0.104. The number of aromatic nitrogens is 2. The summed E-state index contributed by atoms with van der Waals surface area (Å²) in [5.41, 5.74) is 3.05. The van der Waals surface area contributed by atoms with Crippen molar-refractivity contribution >= 4 is 17.4 Å². The van der Waals surface area contributed by atoms with Gasteiger partial charge in [0.2, 0.25) is 5.78 Å². The van der Waals surface area contributed by atoms with E-state index < -0.39 is 0 Å². The topological polar surface area (TPSA) is 87.5 Å². The first kappa shape index (κ1) is 17.6. The van der Waals surface area contributed by atoms with Crippen molar-refractivity contribution in [2.45, 2.75) is 13.1 Å². The fourth-order valence-corrected chi connectivity index (χ4v) is 3.06. The summed E-state index contributed by atoms with van der Waals surface area (Å²) in [6.45, 7) is 0.768. The van der Waals surface area contributed by atoms with Gasteiger partial charge in [0, 0.05) is 42.5 Å². The van der Waals surface area contributed by atoms with Crippen LogP contribution in [-0.2, 0) is 13.1 Å². The largest absolute Gasteiger partial charge is 0.506 e. The number of amidine groups is 1. The van der Waals surface area contributed by atoms with Crippen molar-refractivity contribution in [3.8, 4) is 0 Å². The zero-order valence-electron chi connectivity index (χ0n) is 15.0. The summed E-state index contributed by atoms with van der Waals surface area (Å²) in [6.07, 6.45) is 6.86. The predicted octanol–water partition coefficient (Wildman–Crippen LogP) is 3.33. The number of carbonyl (C=O) groups excluding carboxylic acids is 1. The summed E-state index contributed by atoms with van der Waals surface area (Å²) in [5.74, 6) is 0.0624. The molecule has 0 amide bonds. The van der Waals surface area contributed by atoms with Crippen LogP contribution in [0.15, 0.2) is 83.9 Å². The Balaban J connectivity index is 1.67. The number of rotatable bonds is 5. The number of hydrogen-bond donors (Lipinski definition) is 2. The molecule has 0 bridgehead atoms. The van der Waals surface area contributed by atoms with Crippen LogP contribution in [0.2, 0.25) is 0 Å². The minimum atomic E-state index is -0.239. The molecule has 4 rings (SSSR count). The maximum atomic E-state index is 12.9. The van der Waals surface area contributed by atoms with Crippen molar-refractivity contribution in [3.05, 3.63) is 101 Å². The van der Waals surface area contributed by atoms with Crippen LogP contribution in [0.5, 0.6) is 0 Å². The molecule has 1 aromatic carbocycles. The molecule has 1 aliphatic rings. The average molecular weight is 370 g/mol. The summed E-state index contributed by atoms with van der Waals surface area (Å²) >= 11 is 0. The fourth-order valence-electron chi connectivity index (χ4n) is 3.06. The van der Waals surface area contributed by atoms with E-state index in [0.717, 1.165) is 11.1 Å². The number of fused-ring (bicyclic) bond motifs is 1. The van der Waals surface area contributed by atoms with Gasteiger partial charge in [-0.1, -0.05) is 36.4 Å². The SMILES string of the molecule is O=C1C(C(=NCc2cccnc2)NCc2cccnc2)=C(O)c2ccccc21. The van der Waals surface area contributed by atoms with Gasteiger partial charge in [-0.05, 0) is 23.3 Å². The van der Waals surface area contributed by atoms with Crippen LogP contribution in [0.4, 0.5) is 0 Å². The lowest BCUT2D eigenvalue weighted by Gasteiger charge is -2.11. The number of benzene rings is 1. The number of nitrogens with zero attached hydrogens (tertiary/aromatic N) is 3. The van der Waals surface area contributed by atoms with Gasteiger partial charge >= 0.3 is 0 Å². The van der Waals surface area contributed by atoms with E-state index in [2.05, 4.69) is 20.3 Å². The standard InChI is InChI=1S/C22H18N4O2/c27-20-17-7-1-2-8-18(17)21(28)19(20)22(25-13-15-5-3-9-23-11-15)26-14-16-6-4-10-24-12-16/h1-12,27H,13-14H2,(H,25,26). The van der Waals surface area contributed by atoms with Gasteiger partial charge in [-0.2, -0.15) is 0 Å². The van der Waals surface area contributed by atoms with Crippen molar-refractivity contribution in [2.24, 2.45) is 4.99 Å². The molecule has 0 fully saturated rings. The van der Waals surface area contributed by atoms with Gasteiger partial charge in [-0.25, -0.2) is 0 Å². The van der Waals surface area contributed by atoms with E-state index in [1.165, 1.54) is 0 Å². The first-order valence-corrected chi connectivity index (χ1v) is 8.88. The van der Waals surface area contributed by atoms with Gasteiger partial charge < -0.3 is 10.4 Å². The van der Waals surface area contributed by atoms with Gasteiger partial charge in [0.05, 0.1) is 6.54 Å². The molecule has 138 valence electrons. The van der Waals surface area contributed by atoms with Gasteiger partial charge in [0.25, 0.3) is 0 Å². The number of pyridine rings is 2. The van der Waals surface area contributed by atoms with E-state index in [-0.39, 0.29) is 17.1 Å². The second-order valence-electron chi connectivity index (χ2n) is 6.34. The van der Waals surface area contributed by atoms with Crippen LogP contribution in [0.3, 0.4) is 0 Å². The summed E-state index contributed by atoms with van der Waals surface area (Å²) in [7, 11) is 0. The lowest BCUT2D eigenvalue weighted by atomic mass is 10.1. The summed E-state index contributed by atoms with van der Waals surface area (Å²) in [4.78, 5) is 25.7. The molecule has 0 aliphatic heterocycles. The number of ketones is 1. The molecular formula is C22H18N4O2. The Morgan fingerprint density at radius 2 is 1.61 bits per heavy atom. The third kappa shape index (κ3) is 3.53. The Kier molecular flexibility index (Phi) is 4.93. The van der Waals surface area contributed by atoms with Crippen LogP contribution in [-0.4, -0.2) is 26.7 Å². The Labute approximate surface area is 162 Å². The van der Waals surface area contributed by atoms with Crippen molar-refractivity contribution in [2.75, 3.05) is 0 Å². The van der Waals surface area contributed by atoms with Crippen LogP contribution < -0.4 is 5.32 Å². The first-order chi connectivity index (χ1) is 13.7. The van der Waals surface area contributed by atoms with Gasteiger partial charge in [-0.3, -0.25) is 19.8 Å². The maximum absolute atomic E-state index is 12.9. The predicted molar refractivity (Wildman–Crippen MR) is 107 cm³/mol. The molecule has 0 saturated heterocycles. The molecule has 0 unspecified atom stereocenters. The van der Waals surface area contributed by atoms with Gasteiger partial charge in [0.1, 0.15) is 17.2 Å². The van der Waals surface area contributed by atoms with Crippen molar-refractivity contribution in [1.82, 2.24) is 15.3 Å². The van der Waals surface area contributed by atoms with Crippen LogP contribution in [0.25, 0.3) is 5.76 Å². The molecule has 6 nitrogen and oxygen atoms in total. The summed E-state index contributed by atoms with van der Waals surface area (Å²) in [6, 6.07) is 14.5. The summed E-state index contributed by atoms with van der Waals surface area (Å²) in [5, 5.41) is 13.9. The molecule has 28 heavy (non-hydrogen) atoms. The number of Topliss-reactive ketones (excluding diaryl/α,β-unsaturated/α-hetero) is 1. The molecular weight excluding hydrogens is 352 g/mol. The van der Waals surface area contributed by atoms with Gasteiger partial charge in [0.15, 0.2) is 0 Å². The Morgan fingerprint density at radius 3 is 2.25 bits per heavy atom. The molecule has 3 aromatic rings. The third-order valence-electron chi connectivity index (χ3n) is 4.45. The third-order valence-corrected chi connectivity index (χ3v) is 4.45. The molecule has 0 atom stereocenters. The van der Waals surface area contributed by atoms with Crippen molar-refractivity contribution in [1.29, 1.82) is 0 Å². The normalized spacial score (nSPS) is 13.6. The molecule has 0 radical (unpaired) electrons.